The molecule has 0 saturated heterocycles. The zero-order chi connectivity index (χ0) is 53.2. The summed E-state index contributed by atoms with van der Waals surface area (Å²) in [4.78, 5) is 35.3. The Morgan fingerprint density at radius 1 is 0.452 bits per heavy atom. The molecule has 0 atom stereocenters. The van der Waals surface area contributed by atoms with Crippen molar-refractivity contribution in [2.75, 3.05) is 0 Å². The first-order valence-corrected chi connectivity index (χ1v) is 25.8. The van der Waals surface area contributed by atoms with Gasteiger partial charge in [-0.15, -0.1) is 0 Å². The lowest BCUT2D eigenvalue weighted by atomic mass is 9.99. The van der Waals surface area contributed by atoms with Gasteiger partial charge in [-0.2, -0.15) is 0 Å². The SMILES string of the molecule is CCCc1ccc2c(c1)cc(C(=O)O)n2Cc1c(C)cc(C)cc1C.Cc1cc(C)c(Cn2c(C(=O)O)cc3cc(Br)ccc32)c(C)c1.Cc1cc(C)c(Cn2c(C(=O)O)cc3cc(C(C)C)ccc32)c(C)c1. The Morgan fingerprint density at radius 2 is 0.781 bits per heavy atom. The third-order valence-electron chi connectivity index (χ3n) is 14.1. The predicted octanol–water partition coefficient (Wildman–Crippen LogP) is 15.8. The van der Waals surface area contributed by atoms with Crippen molar-refractivity contribution < 1.29 is 29.7 Å². The maximum Gasteiger partial charge on any atom is 0.352 e. The van der Waals surface area contributed by atoms with Gasteiger partial charge in [-0.05, 0) is 197 Å². The summed E-state index contributed by atoms with van der Waals surface area (Å²) < 4.78 is 6.68. The second kappa shape index (κ2) is 22.3. The first kappa shape index (κ1) is 53.6. The van der Waals surface area contributed by atoms with Gasteiger partial charge in [0.25, 0.3) is 0 Å². The lowest BCUT2D eigenvalue weighted by Gasteiger charge is -2.15. The summed E-state index contributed by atoms with van der Waals surface area (Å²) in [5.74, 6) is -2.25. The van der Waals surface area contributed by atoms with E-state index in [2.05, 4.69) is 172 Å². The van der Waals surface area contributed by atoms with Crippen LogP contribution < -0.4 is 0 Å². The number of aromatic nitrogens is 3. The minimum atomic E-state index is -0.903. The lowest BCUT2D eigenvalue weighted by molar-refractivity contribution is 0.0675. The molecule has 0 saturated carbocycles. The monoisotopic (exact) mass is 1040 g/mol. The number of carboxylic acid groups (broad SMARTS) is 3. The Morgan fingerprint density at radius 3 is 1.12 bits per heavy atom. The Hall–Kier alpha value is -7.17. The number of hydrogen-bond acceptors (Lipinski definition) is 3. The highest BCUT2D eigenvalue weighted by molar-refractivity contribution is 9.10. The highest BCUT2D eigenvalue weighted by Crippen LogP contribution is 2.30. The molecule has 9 nitrogen and oxygen atoms in total. The average molecular weight is 1040 g/mol. The van der Waals surface area contributed by atoms with E-state index >= 15 is 0 Å². The molecule has 10 heteroatoms. The first-order valence-electron chi connectivity index (χ1n) is 25.0. The molecular weight excluding hydrogens is 975 g/mol. The molecule has 3 N–H and O–H groups in total. The van der Waals surface area contributed by atoms with Crippen LogP contribution in [0.25, 0.3) is 32.7 Å². The van der Waals surface area contributed by atoms with E-state index in [1.807, 2.05) is 31.9 Å². The number of hydrogen-bond donors (Lipinski definition) is 3. The molecule has 0 amide bonds. The molecule has 9 rings (SSSR count). The normalized spacial score (nSPS) is 11.3. The summed E-state index contributed by atoms with van der Waals surface area (Å²) in [6.07, 6.45) is 2.10. The maximum absolute atomic E-state index is 11.8. The summed E-state index contributed by atoms with van der Waals surface area (Å²) in [5, 5.41) is 31.9. The van der Waals surface area contributed by atoms with E-state index in [0.717, 1.165) is 50.0 Å². The van der Waals surface area contributed by atoms with Crippen molar-refractivity contribution in [1.82, 2.24) is 13.7 Å². The quantitative estimate of drug-likeness (QED) is 0.112. The summed E-state index contributed by atoms with van der Waals surface area (Å²) in [6.45, 7) is 27.0. The molecule has 0 radical (unpaired) electrons. The summed E-state index contributed by atoms with van der Waals surface area (Å²) >= 11 is 3.44. The molecule has 3 aromatic heterocycles. The van der Waals surface area contributed by atoms with Crippen molar-refractivity contribution in [2.45, 2.75) is 121 Å². The van der Waals surface area contributed by atoms with Crippen LogP contribution >= 0.6 is 15.9 Å². The Labute approximate surface area is 437 Å². The minimum Gasteiger partial charge on any atom is -0.477 e. The minimum absolute atomic E-state index is 0.317. The smallest absolute Gasteiger partial charge is 0.352 e. The van der Waals surface area contributed by atoms with Crippen LogP contribution in [0.15, 0.2) is 114 Å². The molecule has 378 valence electrons. The first-order chi connectivity index (χ1) is 34.5. The van der Waals surface area contributed by atoms with Gasteiger partial charge in [0.15, 0.2) is 0 Å². The van der Waals surface area contributed by atoms with Crippen LogP contribution in [0.3, 0.4) is 0 Å². The van der Waals surface area contributed by atoms with Crippen LogP contribution in [-0.2, 0) is 26.1 Å². The Bertz CT molecular complexity index is 3520. The van der Waals surface area contributed by atoms with Gasteiger partial charge in [-0.1, -0.05) is 108 Å². The number of carboxylic acids is 3. The van der Waals surface area contributed by atoms with Crippen molar-refractivity contribution in [3.05, 3.63) is 209 Å². The second-order valence-corrected chi connectivity index (χ2v) is 21.1. The predicted molar refractivity (Wildman–Crippen MR) is 302 cm³/mol. The van der Waals surface area contributed by atoms with Crippen LogP contribution in [0.4, 0.5) is 0 Å². The van der Waals surface area contributed by atoms with E-state index in [-0.39, 0.29) is 0 Å². The summed E-state index contributed by atoms with van der Waals surface area (Å²) in [6, 6.07) is 36.7. The molecule has 9 aromatic rings. The van der Waals surface area contributed by atoms with Crippen LogP contribution in [-0.4, -0.2) is 46.9 Å². The van der Waals surface area contributed by atoms with Gasteiger partial charge in [0.05, 0.1) is 0 Å². The van der Waals surface area contributed by atoms with Crippen molar-refractivity contribution in [1.29, 1.82) is 0 Å². The molecule has 0 aliphatic carbocycles. The van der Waals surface area contributed by atoms with Gasteiger partial charge >= 0.3 is 17.9 Å². The molecule has 0 bridgehead atoms. The van der Waals surface area contributed by atoms with Crippen LogP contribution in [0.2, 0.25) is 0 Å². The molecule has 0 aliphatic rings. The fourth-order valence-corrected chi connectivity index (χ4v) is 10.9. The van der Waals surface area contributed by atoms with Crippen LogP contribution in [0.5, 0.6) is 0 Å². The third-order valence-corrected chi connectivity index (χ3v) is 14.6. The van der Waals surface area contributed by atoms with Gasteiger partial charge in [-0.25, -0.2) is 14.4 Å². The molecule has 0 aliphatic heterocycles. The maximum atomic E-state index is 11.8. The number of carbonyl (C=O) groups is 3. The van der Waals surface area contributed by atoms with E-state index in [4.69, 9.17) is 0 Å². The van der Waals surface area contributed by atoms with Crippen molar-refractivity contribution in [3.8, 4) is 0 Å². The highest BCUT2D eigenvalue weighted by Gasteiger charge is 2.20. The summed E-state index contributed by atoms with van der Waals surface area (Å²) in [5.41, 5.74) is 20.9. The third kappa shape index (κ3) is 11.9. The van der Waals surface area contributed by atoms with Crippen molar-refractivity contribution in [2.24, 2.45) is 0 Å². The van der Waals surface area contributed by atoms with E-state index in [1.165, 1.54) is 77.9 Å². The standard InChI is InChI=1S/2C22H25NO2.C19H18BrNO2/c1-13(2)17-6-7-20-18(10-17)11-21(22(24)25)23(20)12-19-15(4)8-14(3)9-16(19)5;1-5-6-17-7-8-20-18(11-17)12-21(22(24)25)23(20)13-19-15(3)9-14(2)10-16(19)4;1-11-6-12(2)16(13(3)7-11)10-21-17-5-4-15(20)8-14(17)9-18(21)19(22)23/h6-11,13H,12H2,1-5H3,(H,24,25);7-12H,5-6,13H2,1-4H3,(H,24,25);4-9H,10H2,1-3H3,(H,22,23). The van der Waals surface area contributed by atoms with Gasteiger partial charge in [0.1, 0.15) is 17.1 Å². The van der Waals surface area contributed by atoms with Gasteiger partial charge in [0.2, 0.25) is 0 Å². The van der Waals surface area contributed by atoms with Gasteiger partial charge in [-0.3, -0.25) is 0 Å². The number of rotatable bonds is 12. The number of aromatic carboxylic acids is 3. The molecular formula is C63H68BrN3O6. The van der Waals surface area contributed by atoms with Crippen molar-refractivity contribution in [3.63, 3.8) is 0 Å². The molecule has 0 fully saturated rings. The van der Waals surface area contributed by atoms with E-state index in [1.54, 1.807) is 18.2 Å². The highest BCUT2D eigenvalue weighted by atomic mass is 79.9. The molecule has 6 aromatic carbocycles. The van der Waals surface area contributed by atoms with Crippen LogP contribution in [0, 0.1) is 62.3 Å². The zero-order valence-electron chi connectivity index (χ0n) is 44.3. The molecule has 73 heavy (non-hydrogen) atoms. The van der Waals surface area contributed by atoms with Gasteiger partial charge in [0, 0.05) is 56.8 Å². The number of fused-ring (bicyclic) bond motifs is 3. The molecule has 0 spiro atoms. The average Bonchev–Trinajstić information content (AvgIpc) is 3.98. The molecule has 0 unspecified atom stereocenters. The van der Waals surface area contributed by atoms with Crippen molar-refractivity contribution >= 4 is 66.5 Å². The number of aryl methyl sites for hydroxylation is 10. The number of halogens is 1. The lowest BCUT2D eigenvalue weighted by Crippen LogP contribution is -2.11. The van der Waals surface area contributed by atoms with E-state index in [0.29, 0.717) is 42.6 Å². The fraction of sp³-hybridized carbons (Fsp3) is 0.286. The zero-order valence-corrected chi connectivity index (χ0v) is 45.9. The second-order valence-electron chi connectivity index (χ2n) is 20.2. The van der Waals surface area contributed by atoms with E-state index in [9.17, 15) is 29.7 Å². The fourth-order valence-electron chi connectivity index (χ4n) is 10.5. The molecule has 3 heterocycles. The number of benzene rings is 6. The largest absolute Gasteiger partial charge is 0.477 e. The van der Waals surface area contributed by atoms with Gasteiger partial charge < -0.3 is 29.0 Å². The topological polar surface area (TPSA) is 127 Å². The number of nitrogens with zero attached hydrogens (tertiary/aromatic N) is 3. The van der Waals surface area contributed by atoms with E-state index < -0.39 is 17.9 Å². The summed E-state index contributed by atoms with van der Waals surface area (Å²) in [7, 11) is 0. The Kier molecular flexibility index (Phi) is 16.4. The van der Waals surface area contributed by atoms with Crippen LogP contribution in [0.1, 0.15) is 142 Å². The Balaban J connectivity index is 0.000000160.